The first kappa shape index (κ1) is 61.8. The smallest absolute Gasteiger partial charge is 0.485 e. The molecule has 14 rings (SSSR count). The molecule has 8 saturated carbocycles. The molecule has 10 aliphatic carbocycles. The summed E-state index contributed by atoms with van der Waals surface area (Å²) in [5.41, 5.74) is -0.103. The number of phenols is 2. The van der Waals surface area contributed by atoms with Gasteiger partial charge in [-0.2, -0.15) is 26.3 Å². The van der Waals surface area contributed by atoms with Gasteiger partial charge >= 0.3 is 11.0 Å². The monoisotopic (exact) mass is 1200 g/mol. The molecule has 0 heterocycles. The largest absolute Gasteiger partial charge is 0.741 e. The molecule has 0 radical (unpaired) electrons. The van der Waals surface area contributed by atoms with Crippen LogP contribution in [0.2, 0.25) is 0 Å². The van der Waals surface area contributed by atoms with Gasteiger partial charge in [0.2, 0.25) is 0 Å². The molecule has 10 aliphatic rings. The van der Waals surface area contributed by atoms with Crippen molar-refractivity contribution in [2.24, 2.45) is 45.5 Å². The fraction of sp³-hybridized carbons (Fsp3) is 0.536. The summed E-state index contributed by atoms with van der Waals surface area (Å²) in [6, 6.07) is 24.4. The van der Waals surface area contributed by atoms with Crippen molar-refractivity contribution in [2.45, 2.75) is 150 Å². The van der Waals surface area contributed by atoms with Crippen LogP contribution in [0.25, 0.3) is 0 Å². The number of benzene rings is 4. The summed E-state index contributed by atoms with van der Waals surface area (Å²) in [4.78, 5) is 9.54. The van der Waals surface area contributed by atoms with Crippen molar-refractivity contribution in [1.29, 1.82) is 0 Å². The topological polar surface area (TPSA) is 220 Å². The molecule has 0 aromatic heterocycles. The minimum atomic E-state index is -6.09. The van der Waals surface area contributed by atoms with Crippen LogP contribution in [0, 0.1) is 49.4 Å². The van der Waals surface area contributed by atoms with E-state index in [2.05, 4.69) is 50.2 Å². The second-order valence-electron chi connectivity index (χ2n) is 23.1. The Bertz CT molecular complexity index is 2860. The second-order valence-corrected chi connectivity index (χ2v) is 25.8. The van der Waals surface area contributed by atoms with Crippen LogP contribution in [0.1, 0.15) is 145 Å². The molecule has 12 nitrogen and oxygen atoms in total. The Morgan fingerprint density at radius 2 is 0.795 bits per heavy atom. The summed E-state index contributed by atoms with van der Waals surface area (Å²) in [7, 11) is -12.2. The third-order valence-electron chi connectivity index (χ3n) is 17.4. The first-order chi connectivity index (χ1) is 35.5. The van der Waals surface area contributed by atoms with Crippen molar-refractivity contribution >= 4 is 32.7 Å². The number of rotatable bonds is 6. The zero-order valence-electron chi connectivity index (χ0n) is 42.8. The summed E-state index contributed by atoms with van der Waals surface area (Å²) in [5, 5.41) is 43.8. The molecule has 4 atom stereocenters. The molecule has 4 N–H and O–H groups in total. The van der Waals surface area contributed by atoms with Crippen LogP contribution in [0.15, 0.2) is 82.8 Å². The van der Waals surface area contributed by atoms with Crippen LogP contribution in [-0.2, 0) is 78.6 Å². The Morgan fingerprint density at radius 3 is 1.06 bits per heavy atom. The number of aromatic hydroxyl groups is 2. The van der Waals surface area contributed by atoms with Gasteiger partial charge in [-0.05, 0) is 183 Å². The van der Waals surface area contributed by atoms with Crippen LogP contribution in [0.3, 0.4) is 0 Å². The minimum absolute atomic E-state index is 0. The maximum Gasteiger partial charge on any atom is 0.485 e. The molecule has 8 bridgehead atoms. The first-order valence-corrected chi connectivity index (χ1v) is 28.6. The van der Waals surface area contributed by atoms with E-state index in [0.29, 0.717) is 24.3 Å². The molecular formula is C56H62Cr2F6N2O10S2-2. The fourth-order valence-corrected chi connectivity index (χ4v) is 15.3. The van der Waals surface area contributed by atoms with E-state index in [1.165, 1.54) is 99.3 Å². The molecule has 8 fully saturated rings. The first-order valence-electron chi connectivity index (χ1n) is 25.8. The normalized spacial score (nSPS) is 31.0. The number of nitrogens with zero attached hydrogens (tertiary/aromatic N) is 2. The van der Waals surface area contributed by atoms with Crippen molar-refractivity contribution in [3.05, 3.63) is 128 Å². The number of fused-ring (bicyclic) bond motifs is 2. The van der Waals surface area contributed by atoms with E-state index in [-0.39, 0.29) is 57.6 Å². The van der Waals surface area contributed by atoms with Crippen molar-refractivity contribution in [3.8, 4) is 11.5 Å². The van der Waals surface area contributed by atoms with E-state index in [1.54, 1.807) is 0 Å². The van der Waals surface area contributed by atoms with Crippen LogP contribution >= 0.6 is 0 Å². The Kier molecular flexibility index (Phi) is 18.4. The standard InChI is InChI=1S/2C27H31NO2.2CHF3O3S.2Cr/c2*1-16-6-21(15-28-25-22-5-3-2-4-20(22)11-24(25)29)26(30)23(7-16)27-12-17-8-18(13-27)10-19(9-17)14-27;2*2-1(3,4)8(5,6)7;;/h2*2-7,15,17-19,24-25,29-30H,8-14H2,1H3;2*(H,5,6,7);;/p-2/t2*17?,18?,19?,24-,25+,27?;;;;/m00..../s1. The SMILES string of the molecule is Cc1cc(C=N[C@@H]2c3ccccc3C[C@@H]2O)c(O)c(C23CC4CC(CC(C4)C2)C3)c1.Cc1cc(C=N[C@@H]2c3ccccc3C[C@@H]2O)c(O)c(C23CC4CC(CC(C4)C2)C3)c1.O=S(=O)([O-])C(F)(F)F.O=S(=O)([O-])C(F)(F)F.[Cr].[Cr]. The van der Waals surface area contributed by atoms with Crippen molar-refractivity contribution in [3.63, 3.8) is 0 Å². The van der Waals surface area contributed by atoms with Gasteiger partial charge in [0.25, 0.3) is 0 Å². The van der Waals surface area contributed by atoms with Gasteiger partial charge in [0.15, 0.2) is 20.2 Å². The maximum absolute atomic E-state index is 11.4. The number of aryl methyl sites for hydroxylation is 2. The average molecular weight is 1210 g/mol. The third kappa shape index (κ3) is 12.9. The molecule has 0 amide bonds. The number of aliphatic hydroxyl groups excluding tert-OH is 2. The second kappa shape index (κ2) is 23.2. The molecule has 0 saturated heterocycles. The quantitative estimate of drug-likeness (QED) is 0.0619. The Labute approximate surface area is 472 Å². The van der Waals surface area contributed by atoms with E-state index in [1.807, 2.05) is 48.8 Å². The van der Waals surface area contributed by atoms with Crippen molar-refractivity contribution < 1.29 is 107 Å². The van der Waals surface area contributed by atoms with E-state index >= 15 is 0 Å². The van der Waals surface area contributed by atoms with Crippen molar-refractivity contribution in [2.75, 3.05) is 0 Å². The van der Waals surface area contributed by atoms with Gasteiger partial charge in [-0.3, -0.25) is 9.98 Å². The number of aliphatic hydroxyl groups is 2. The molecule has 22 heteroatoms. The van der Waals surface area contributed by atoms with E-state index < -0.39 is 43.5 Å². The fourth-order valence-electron chi connectivity index (χ4n) is 15.3. The Balaban J connectivity index is 0.000000174. The molecule has 4 aromatic rings. The Hall–Kier alpha value is -3.80. The van der Waals surface area contributed by atoms with Crippen LogP contribution in [0.4, 0.5) is 26.3 Å². The number of halogens is 6. The van der Waals surface area contributed by atoms with Crippen LogP contribution in [-0.4, -0.2) is 82.0 Å². The van der Waals surface area contributed by atoms with Gasteiger partial charge in [-0.15, -0.1) is 0 Å². The van der Waals surface area contributed by atoms with Crippen LogP contribution in [0.5, 0.6) is 11.5 Å². The average Bonchev–Trinajstić information content (AvgIpc) is 3.99. The van der Waals surface area contributed by atoms with E-state index in [9.17, 15) is 46.8 Å². The number of hydrogen-bond acceptors (Lipinski definition) is 12. The summed E-state index contributed by atoms with van der Waals surface area (Å²) in [6.45, 7) is 4.25. The van der Waals surface area contributed by atoms with Crippen molar-refractivity contribution in [1.82, 2.24) is 0 Å². The van der Waals surface area contributed by atoms with E-state index in [4.69, 9.17) is 35.9 Å². The summed E-state index contributed by atoms with van der Waals surface area (Å²) >= 11 is 0. The maximum atomic E-state index is 11.4. The molecule has 0 unspecified atom stereocenters. The molecule has 0 spiro atoms. The molecule has 424 valence electrons. The number of hydrogen-bond donors (Lipinski definition) is 4. The predicted molar refractivity (Wildman–Crippen MR) is 270 cm³/mol. The molecule has 0 aliphatic heterocycles. The van der Waals surface area contributed by atoms with Gasteiger partial charge in [0.1, 0.15) is 23.6 Å². The summed E-state index contributed by atoms with van der Waals surface area (Å²) in [5.74, 6) is 5.92. The van der Waals surface area contributed by atoms with Gasteiger partial charge in [0, 0.05) is 82.2 Å². The summed E-state index contributed by atoms with van der Waals surface area (Å²) < 4.78 is 118. The van der Waals surface area contributed by atoms with Crippen LogP contribution < -0.4 is 0 Å². The predicted octanol–water partition coefficient (Wildman–Crippen LogP) is 10.6. The van der Waals surface area contributed by atoms with Gasteiger partial charge in [0.05, 0.1) is 12.2 Å². The van der Waals surface area contributed by atoms with Gasteiger partial charge < -0.3 is 29.5 Å². The van der Waals surface area contributed by atoms with Gasteiger partial charge in [-0.1, -0.05) is 60.7 Å². The van der Waals surface area contributed by atoms with E-state index in [0.717, 1.165) is 68.9 Å². The molecule has 78 heavy (non-hydrogen) atoms. The zero-order valence-corrected chi connectivity index (χ0v) is 47.0. The van der Waals surface area contributed by atoms with Gasteiger partial charge in [-0.25, -0.2) is 16.8 Å². The summed E-state index contributed by atoms with van der Waals surface area (Å²) in [6.07, 6.45) is 19.8. The Morgan fingerprint density at radius 1 is 0.526 bits per heavy atom. The number of aliphatic imine (C=N–C) groups is 2. The minimum Gasteiger partial charge on any atom is -0.741 e. The number of alkyl halides is 6. The molecular weight excluding hydrogens is 1140 g/mol. The molecule has 4 aromatic carbocycles. The number of phenolic OH excluding ortho intramolecular Hbond substituents is 2. The third-order valence-corrected chi connectivity index (χ3v) is 18.6. The zero-order chi connectivity index (χ0) is 54.9.